The van der Waals surface area contributed by atoms with Gasteiger partial charge in [0.15, 0.2) is 0 Å². The molecule has 1 amide bonds. The quantitative estimate of drug-likeness (QED) is 0.363. The molecule has 0 bridgehead atoms. The van der Waals surface area contributed by atoms with E-state index in [1.54, 1.807) is 31.2 Å². The van der Waals surface area contributed by atoms with Crippen LogP contribution in [0.3, 0.4) is 0 Å². The van der Waals surface area contributed by atoms with E-state index in [4.69, 9.17) is 16.3 Å². The van der Waals surface area contributed by atoms with Gasteiger partial charge in [0.2, 0.25) is 10.0 Å². The van der Waals surface area contributed by atoms with Crippen LogP contribution in [-0.2, 0) is 20.0 Å². The zero-order chi connectivity index (χ0) is 30.8. The summed E-state index contributed by atoms with van der Waals surface area (Å²) in [6, 6.07) is 16.0. The number of aliphatic hydroxyl groups excluding tert-OH is 1. The molecule has 226 valence electrons. The Labute approximate surface area is 252 Å². The van der Waals surface area contributed by atoms with Gasteiger partial charge in [-0.3, -0.25) is 9.52 Å². The second kappa shape index (κ2) is 12.6. The lowest BCUT2D eigenvalue weighted by molar-refractivity contribution is 0.0387. The van der Waals surface area contributed by atoms with Crippen LogP contribution in [-0.4, -0.2) is 75.9 Å². The number of likely N-dealkylation sites (N-methyl/N-ethyl adjacent to an activating group) is 1. The number of anilines is 1. The first-order valence-electron chi connectivity index (χ1n) is 13.3. The first kappa shape index (κ1) is 31.8. The minimum absolute atomic E-state index is 0.0107. The summed E-state index contributed by atoms with van der Waals surface area (Å²) in [5.74, 6) is -0.609. The third-order valence-electron chi connectivity index (χ3n) is 7.21. The van der Waals surface area contributed by atoms with Gasteiger partial charge in [0.1, 0.15) is 11.9 Å². The number of nitrogens with zero attached hydrogens (tertiary/aromatic N) is 2. The number of sulfonamides is 2. The van der Waals surface area contributed by atoms with Gasteiger partial charge in [-0.05, 0) is 68.4 Å². The smallest absolute Gasteiger partial charge is 0.261 e. The number of aliphatic hydroxyl groups is 1. The van der Waals surface area contributed by atoms with E-state index in [1.807, 2.05) is 13.8 Å². The van der Waals surface area contributed by atoms with Crippen LogP contribution < -0.4 is 9.46 Å². The molecular weight excluding hydrogens is 602 g/mol. The van der Waals surface area contributed by atoms with Crippen molar-refractivity contribution < 1.29 is 31.5 Å². The van der Waals surface area contributed by atoms with Crippen molar-refractivity contribution in [1.82, 2.24) is 9.21 Å². The molecule has 1 aliphatic rings. The number of carbonyl (C=O) groups excluding carboxylic acids is 1. The third kappa shape index (κ3) is 6.90. The fourth-order valence-electron chi connectivity index (χ4n) is 4.57. The summed E-state index contributed by atoms with van der Waals surface area (Å²) in [6.07, 6.45) is -0.674. The number of amides is 1. The van der Waals surface area contributed by atoms with Crippen LogP contribution in [0.2, 0.25) is 5.02 Å². The van der Waals surface area contributed by atoms with Crippen LogP contribution in [0.25, 0.3) is 0 Å². The van der Waals surface area contributed by atoms with Crippen LogP contribution in [0.15, 0.2) is 76.5 Å². The number of fused-ring (bicyclic) bond motifs is 1. The Kier molecular flexibility index (Phi) is 9.53. The summed E-state index contributed by atoms with van der Waals surface area (Å²) >= 11 is 5.89. The molecular formula is C29H34ClN3O7S2. The normalized spacial score (nSPS) is 18.5. The highest BCUT2D eigenvalue weighted by Gasteiger charge is 2.35. The van der Waals surface area contributed by atoms with E-state index in [9.17, 15) is 26.7 Å². The maximum atomic E-state index is 13.7. The molecule has 3 aromatic carbocycles. The number of hydrogen-bond donors (Lipinski definition) is 2. The van der Waals surface area contributed by atoms with E-state index >= 15 is 0 Å². The molecule has 0 aliphatic carbocycles. The molecule has 4 rings (SSSR count). The van der Waals surface area contributed by atoms with Crippen molar-refractivity contribution in [3.8, 4) is 5.75 Å². The fourth-order valence-corrected chi connectivity index (χ4v) is 6.93. The molecule has 0 aromatic heterocycles. The van der Waals surface area contributed by atoms with Crippen molar-refractivity contribution in [3.63, 3.8) is 0 Å². The number of hydrogen-bond acceptors (Lipinski definition) is 7. The monoisotopic (exact) mass is 635 g/mol. The number of rotatable bonds is 9. The van der Waals surface area contributed by atoms with E-state index < -0.39 is 38.1 Å². The first-order chi connectivity index (χ1) is 19.7. The van der Waals surface area contributed by atoms with Crippen molar-refractivity contribution in [3.05, 3.63) is 82.9 Å². The van der Waals surface area contributed by atoms with Gasteiger partial charge in [-0.15, -0.1) is 0 Å². The predicted octanol–water partition coefficient (Wildman–Crippen LogP) is 3.99. The summed E-state index contributed by atoms with van der Waals surface area (Å²) in [6.45, 7) is 5.27. The molecule has 3 atom stereocenters. The molecule has 0 saturated heterocycles. The lowest BCUT2D eigenvalue weighted by Crippen LogP contribution is -2.50. The second-order valence-electron chi connectivity index (χ2n) is 10.5. The zero-order valence-electron chi connectivity index (χ0n) is 23.7. The number of aryl methyl sites for hydroxylation is 1. The SMILES string of the molecule is Cc1ccc(S(=O)(=O)N(C)C[C@@H]2Oc3ccc(NS(=O)(=O)c4ccc(Cl)cc4)cc3C(=O)N([C@H](C)CO)C[C@H]2C)cc1. The Bertz CT molecular complexity index is 1650. The summed E-state index contributed by atoms with van der Waals surface area (Å²) in [5, 5.41) is 10.3. The fraction of sp³-hybridized carbons (Fsp3) is 0.345. The number of carbonyl (C=O) groups is 1. The minimum atomic E-state index is -3.99. The summed E-state index contributed by atoms with van der Waals surface area (Å²) < 4.78 is 62.5. The van der Waals surface area contributed by atoms with Crippen LogP contribution in [0, 0.1) is 12.8 Å². The van der Waals surface area contributed by atoms with Crippen LogP contribution in [0.4, 0.5) is 5.69 Å². The van der Waals surface area contributed by atoms with Gasteiger partial charge in [-0.25, -0.2) is 16.8 Å². The Balaban J connectivity index is 1.68. The van der Waals surface area contributed by atoms with Gasteiger partial charge in [0.25, 0.3) is 15.9 Å². The molecule has 0 radical (unpaired) electrons. The molecule has 42 heavy (non-hydrogen) atoms. The molecule has 0 saturated carbocycles. The summed E-state index contributed by atoms with van der Waals surface area (Å²) in [5.41, 5.74) is 1.14. The number of ether oxygens (including phenoxy) is 1. The highest BCUT2D eigenvalue weighted by Crippen LogP contribution is 2.32. The van der Waals surface area contributed by atoms with E-state index in [0.717, 1.165) is 5.56 Å². The van der Waals surface area contributed by atoms with Crippen molar-refractivity contribution in [1.29, 1.82) is 0 Å². The largest absolute Gasteiger partial charge is 0.488 e. The van der Waals surface area contributed by atoms with Crippen LogP contribution in [0.1, 0.15) is 29.8 Å². The van der Waals surface area contributed by atoms with E-state index in [1.165, 1.54) is 58.7 Å². The minimum Gasteiger partial charge on any atom is -0.488 e. The number of nitrogens with one attached hydrogen (secondary N) is 1. The molecule has 13 heteroatoms. The van der Waals surface area contributed by atoms with Crippen molar-refractivity contribution in [2.75, 3.05) is 31.5 Å². The number of halogens is 1. The van der Waals surface area contributed by atoms with Gasteiger partial charge in [-0.1, -0.05) is 36.2 Å². The molecule has 10 nitrogen and oxygen atoms in total. The maximum absolute atomic E-state index is 13.7. The van der Waals surface area contributed by atoms with Gasteiger partial charge in [0, 0.05) is 30.2 Å². The van der Waals surface area contributed by atoms with Crippen LogP contribution in [0.5, 0.6) is 5.75 Å². The Hall–Kier alpha value is -3.16. The topological polar surface area (TPSA) is 133 Å². The maximum Gasteiger partial charge on any atom is 0.261 e. The van der Waals surface area contributed by atoms with Gasteiger partial charge in [-0.2, -0.15) is 4.31 Å². The highest BCUT2D eigenvalue weighted by atomic mass is 35.5. The van der Waals surface area contributed by atoms with Crippen LogP contribution >= 0.6 is 11.6 Å². The molecule has 3 aromatic rings. The average Bonchev–Trinajstić information content (AvgIpc) is 2.95. The molecule has 2 N–H and O–H groups in total. The highest BCUT2D eigenvalue weighted by molar-refractivity contribution is 7.92. The lowest BCUT2D eigenvalue weighted by atomic mass is 9.99. The van der Waals surface area contributed by atoms with Gasteiger partial charge < -0.3 is 14.7 Å². The second-order valence-corrected chi connectivity index (χ2v) is 14.7. The number of benzene rings is 3. The molecule has 0 spiro atoms. The average molecular weight is 636 g/mol. The van der Waals surface area contributed by atoms with Crippen molar-refractivity contribution in [2.45, 2.75) is 42.7 Å². The Morgan fingerprint density at radius 2 is 1.67 bits per heavy atom. The molecule has 1 aliphatic heterocycles. The van der Waals surface area contributed by atoms with E-state index in [0.29, 0.717) is 5.02 Å². The Morgan fingerprint density at radius 1 is 1.05 bits per heavy atom. The van der Waals surface area contributed by atoms with Gasteiger partial charge >= 0.3 is 0 Å². The van der Waals surface area contributed by atoms with Crippen molar-refractivity contribution in [2.24, 2.45) is 5.92 Å². The summed E-state index contributed by atoms with van der Waals surface area (Å²) in [4.78, 5) is 15.3. The standard InChI is InChI=1S/C29H34ClN3O7S2/c1-19-5-10-25(11-6-19)42(38,39)32(4)17-28-20(2)16-33(21(3)18-34)29(35)26-15-23(9-14-27(26)40-28)31-41(36,37)24-12-7-22(30)8-13-24/h5-15,20-21,28,31,34H,16-18H2,1-4H3/t20-,21-,28+/m1/s1. The zero-order valence-corrected chi connectivity index (χ0v) is 26.1. The molecule has 0 unspecified atom stereocenters. The van der Waals surface area contributed by atoms with Gasteiger partial charge in [0.05, 0.1) is 34.5 Å². The first-order valence-corrected chi connectivity index (χ1v) is 16.6. The Morgan fingerprint density at radius 3 is 2.29 bits per heavy atom. The van der Waals surface area contributed by atoms with Crippen molar-refractivity contribution >= 4 is 43.2 Å². The van der Waals surface area contributed by atoms with E-state index in [2.05, 4.69) is 4.72 Å². The third-order valence-corrected chi connectivity index (χ3v) is 10.7. The lowest BCUT2D eigenvalue weighted by Gasteiger charge is -2.38. The molecule has 0 fully saturated rings. The summed E-state index contributed by atoms with van der Waals surface area (Å²) in [7, 11) is -6.35. The molecule has 1 heterocycles. The predicted molar refractivity (Wildman–Crippen MR) is 161 cm³/mol. The van der Waals surface area contributed by atoms with E-state index in [-0.39, 0.29) is 52.4 Å².